The molecule has 3 heterocycles. The summed E-state index contributed by atoms with van der Waals surface area (Å²) < 4.78 is 0. The van der Waals surface area contributed by atoms with Gasteiger partial charge in [-0.25, -0.2) is 9.97 Å². The highest BCUT2D eigenvalue weighted by Crippen LogP contribution is 2.32. The van der Waals surface area contributed by atoms with Gasteiger partial charge in [-0.2, -0.15) is 5.21 Å². The van der Waals surface area contributed by atoms with Crippen molar-refractivity contribution in [2.45, 2.75) is 6.92 Å². The number of nitrogen functional groups attached to an aromatic ring is 1. The Kier molecular flexibility index (Phi) is 3.58. The van der Waals surface area contributed by atoms with Crippen LogP contribution in [-0.2, 0) is 0 Å². The summed E-state index contributed by atoms with van der Waals surface area (Å²) >= 11 is 0. The molecule has 0 bridgehead atoms. The van der Waals surface area contributed by atoms with E-state index < -0.39 is 0 Å². The van der Waals surface area contributed by atoms with Crippen molar-refractivity contribution in [2.75, 3.05) is 5.73 Å². The number of fused-ring (bicyclic) bond motifs is 1. The van der Waals surface area contributed by atoms with Gasteiger partial charge in [-0.1, -0.05) is 17.7 Å². The van der Waals surface area contributed by atoms with Crippen LogP contribution in [0.25, 0.3) is 22.2 Å². The standard InChI is InChI=1S/C16H13N9/c1-9-2-3-10-7-19-15(17)14(12(10)6-9)21-20-13-5-4-11(8-18-13)16-22-24-25-23-16/h2-8H,1H3,(H2,17,19)(H,22,23,24,25). The SMILES string of the molecule is Cc1ccc2cnc(N)c(N=Nc3ccc(-c4nn[nH]n4)cn3)c2c1. The Hall–Kier alpha value is -3.75. The van der Waals surface area contributed by atoms with E-state index in [1.54, 1.807) is 24.5 Å². The van der Waals surface area contributed by atoms with Crippen LogP contribution in [0, 0.1) is 6.92 Å². The molecular weight excluding hydrogens is 318 g/mol. The van der Waals surface area contributed by atoms with Crippen LogP contribution in [0.4, 0.5) is 17.3 Å². The molecule has 3 N–H and O–H groups in total. The molecule has 9 nitrogen and oxygen atoms in total. The van der Waals surface area contributed by atoms with Crippen LogP contribution in [0.3, 0.4) is 0 Å². The van der Waals surface area contributed by atoms with Gasteiger partial charge in [0.15, 0.2) is 11.6 Å². The zero-order valence-electron chi connectivity index (χ0n) is 13.2. The molecule has 0 saturated heterocycles. The zero-order chi connectivity index (χ0) is 17.2. The molecule has 9 heteroatoms. The average Bonchev–Trinajstić information content (AvgIpc) is 3.16. The fraction of sp³-hybridized carbons (Fsp3) is 0.0625. The van der Waals surface area contributed by atoms with Gasteiger partial charge in [0.1, 0.15) is 5.69 Å². The van der Waals surface area contributed by atoms with E-state index in [0.717, 1.165) is 21.9 Å². The number of hydrogen-bond acceptors (Lipinski definition) is 8. The minimum Gasteiger partial charge on any atom is -0.382 e. The predicted molar refractivity (Wildman–Crippen MR) is 92.5 cm³/mol. The Morgan fingerprint density at radius 2 is 1.96 bits per heavy atom. The van der Waals surface area contributed by atoms with Crippen LogP contribution >= 0.6 is 0 Å². The number of pyridine rings is 2. The fourth-order valence-corrected chi connectivity index (χ4v) is 2.39. The fourth-order valence-electron chi connectivity index (χ4n) is 2.39. The quantitative estimate of drug-likeness (QED) is 0.554. The molecule has 0 aliphatic carbocycles. The van der Waals surface area contributed by atoms with Crippen molar-refractivity contribution >= 4 is 28.1 Å². The maximum Gasteiger partial charge on any atom is 0.206 e. The number of rotatable bonds is 3. The van der Waals surface area contributed by atoms with Crippen LogP contribution in [-0.4, -0.2) is 30.6 Å². The molecule has 0 atom stereocenters. The molecule has 0 aliphatic rings. The summed E-state index contributed by atoms with van der Waals surface area (Å²) in [4.78, 5) is 8.41. The lowest BCUT2D eigenvalue weighted by molar-refractivity contribution is 0.881. The van der Waals surface area contributed by atoms with Crippen LogP contribution in [0.2, 0.25) is 0 Å². The lowest BCUT2D eigenvalue weighted by atomic mass is 10.1. The number of anilines is 1. The summed E-state index contributed by atoms with van der Waals surface area (Å²) in [6, 6.07) is 9.51. The van der Waals surface area contributed by atoms with Crippen molar-refractivity contribution < 1.29 is 0 Å². The number of aryl methyl sites for hydroxylation is 1. The molecule has 0 spiro atoms. The molecule has 0 amide bonds. The minimum absolute atomic E-state index is 0.324. The molecule has 0 radical (unpaired) electrons. The number of H-pyrrole nitrogens is 1. The summed E-state index contributed by atoms with van der Waals surface area (Å²) in [5.74, 6) is 1.23. The number of azo groups is 1. The van der Waals surface area contributed by atoms with Crippen molar-refractivity contribution in [2.24, 2.45) is 10.2 Å². The van der Waals surface area contributed by atoms with Crippen molar-refractivity contribution in [3.8, 4) is 11.4 Å². The van der Waals surface area contributed by atoms with Gasteiger partial charge in [0.2, 0.25) is 5.82 Å². The molecule has 4 rings (SSSR count). The Morgan fingerprint density at radius 1 is 1.04 bits per heavy atom. The smallest absolute Gasteiger partial charge is 0.206 e. The normalized spacial score (nSPS) is 11.4. The number of aromatic amines is 1. The maximum absolute atomic E-state index is 5.98. The molecule has 122 valence electrons. The Bertz CT molecular complexity index is 1050. The van der Waals surface area contributed by atoms with E-state index in [-0.39, 0.29) is 0 Å². The Labute approximate surface area is 142 Å². The number of nitrogens with one attached hydrogen (secondary N) is 1. The van der Waals surface area contributed by atoms with Crippen LogP contribution in [0.5, 0.6) is 0 Å². The van der Waals surface area contributed by atoms with Crippen molar-refractivity contribution in [3.63, 3.8) is 0 Å². The number of hydrogen-bond donors (Lipinski definition) is 2. The zero-order valence-corrected chi connectivity index (χ0v) is 13.2. The van der Waals surface area contributed by atoms with Gasteiger partial charge in [0, 0.05) is 28.7 Å². The van der Waals surface area contributed by atoms with Crippen LogP contribution in [0.1, 0.15) is 5.56 Å². The highest BCUT2D eigenvalue weighted by molar-refractivity contribution is 5.96. The molecular formula is C16H13N9. The third-order valence-corrected chi connectivity index (χ3v) is 3.65. The lowest BCUT2D eigenvalue weighted by Gasteiger charge is -2.05. The van der Waals surface area contributed by atoms with E-state index in [1.165, 1.54) is 0 Å². The van der Waals surface area contributed by atoms with Crippen LogP contribution in [0.15, 0.2) is 53.0 Å². The van der Waals surface area contributed by atoms with E-state index in [9.17, 15) is 0 Å². The first-order valence-corrected chi connectivity index (χ1v) is 7.47. The maximum atomic E-state index is 5.98. The van der Waals surface area contributed by atoms with E-state index in [2.05, 4.69) is 40.8 Å². The molecule has 0 saturated carbocycles. The molecule has 1 aromatic carbocycles. The largest absolute Gasteiger partial charge is 0.382 e. The minimum atomic E-state index is 0.324. The molecule has 4 aromatic rings. The van der Waals surface area contributed by atoms with Gasteiger partial charge >= 0.3 is 0 Å². The first-order valence-electron chi connectivity index (χ1n) is 7.47. The first kappa shape index (κ1) is 14.8. The number of benzene rings is 1. The number of aromatic nitrogens is 6. The van der Waals surface area contributed by atoms with E-state index in [1.807, 2.05) is 25.1 Å². The van der Waals surface area contributed by atoms with Gasteiger partial charge in [0.25, 0.3) is 0 Å². The number of nitrogens with two attached hydrogens (primary N) is 1. The monoisotopic (exact) mass is 331 g/mol. The van der Waals surface area contributed by atoms with Crippen molar-refractivity contribution in [1.29, 1.82) is 0 Å². The summed E-state index contributed by atoms with van der Waals surface area (Å²) in [5.41, 5.74) is 8.35. The highest BCUT2D eigenvalue weighted by Gasteiger charge is 2.07. The Morgan fingerprint density at radius 3 is 2.72 bits per heavy atom. The van der Waals surface area contributed by atoms with Gasteiger partial charge in [-0.3, -0.25) is 0 Å². The van der Waals surface area contributed by atoms with Gasteiger partial charge in [-0.15, -0.1) is 20.4 Å². The average molecular weight is 331 g/mol. The third-order valence-electron chi connectivity index (χ3n) is 3.65. The topological polar surface area (TPSA) is 131 Å². The number of tetrazole rings is 1. The second-order valence-electron chi connectivity index (χ2n) is 5.42. The molecule has 0 aliphatic heterocycles. The molecule has 3 aromatic heterocycles. The summed E-state index contributed by atoms with van der Waals surface area (Å²) in [6.07, 6.45) is 3.33. The highest BCUT2D eigenvalue weighted by atomic mass is 15.5. The van der Waals surface area contributed by atoms with E-state index in [0.29, 0.717) is 23.1 Å². The first-order chi connectivity index (χ1) is 12.2. The number of nitrogens with zero attached hydrogens (tertiary/aromatic N) is 7. The Balaban J connectivity index is 1.69. The second kappa shape index (κ2) is 6.04. The molecule has 25 heavy (non-hydrogen) atoms. The van der Waals surface area contributed by atoms with Gasteiger partial charge in [0.05, 0.1) is 0 Å². The predicted octanol–water partition coefficient (Wildman–Crippen LogP) is 3.12. The third kappa shape index (κ3) is 2.90. The lowest BCUT2D eigenvalue weighted by Crippen LogP contribution is -1.91. The van der Waals surface area contributed by atoms with Crippen molar-refractivity contribution in [3.05, 3.63) is 48.3 Å². The molecule has 0 fully saturated rings. The summed E-state index contributed by atoms with van der Waals surface area (Å²) in [7, 11) is 0. The molecule has 0 unspecified atom stereocenters. The van der Waals surface area contributed by atoms with E-state index >= 15 is 0 Å². The van der Waals surface area contributed by atoms with Gasteiger partial charge < -0.3 is 5.73 Å². The summed E-state index contributed by atoms with van der Waals surface area (Å²) in [5, 5.41) is 24.0. The van der Waals surface area contributed by atoms with Crippen molar-refractivity contribution in [1.82, 2.24) is 30.6 Å². The second-order valence-corrected chi connectivity index (χ2v) is 5.42. The summed E-state index contributed by atoms with van der Waals surface area (Å²) in [6.45, 7) is 2.01. The van der Waals surface area contributed by atoms with E-state index in [4.69, 9.17) is 5.73 Å². The van der Waals surface area contributed by atoms with Crippen LogP contribution < -0.4 is 5.73 Å². The van der Waals surface area contributed by atoms with Gasteiger partial charge in [-0.05, 0) is 30.3 Å².